The van der Waals surface area contributed by atoms with E-state index in [1.165, 1.54) is 62.8 Å². The normalized spacial score (nSPS) is 29.0. The lowest BCUT2D eigenvalue weighted by Gasteiger charge is -2.40. The minimum atomic E-state index is -2.74. The fourth-order valence-corrected chi connectivity index (χ4v) is 4.44. The molecule has 5 rings (SSSR count). The van der Waals surface area contributed by atoms with Crippen LogP contribution in [0.25, 0.3) is 0 Å². The van der Waals surface area contributed by atoms with Crippen LogP contribution in [0.5, 0.6) is 11.5 Å². The molecule has 0 aromatic heterocycles. The summed E-state index contributed by atoms with van der Waals surface area (Å²) in [5, 5.41) is 30.3. The number of benzene rings is 2. The molecule has 0 bridgehead atoms. The van der Waals surface area contributed by atoms with Gasteiger partial charge >= 0.3 is 23.6 Å². The lowest BCUT2D eigenvalue weighted by Crippen LogP contribution is -2.70. The molecule has 2 aromatic carbocycles. The molecule has 1 spiro atoms. The minimum absolute atomic E-state index is 0.0815. The van der Waals surface area contributed by atoms with Crippen LogP contribution in [0.2, 0.25) is 0 Å². The number of urea groups is 1. The fraction of sp³-hybridized carbons (Fsp3) is 0.375. The van der Waals surface area contributed by atoms with E-state index in [1.54, 1.807) is 0 Å². The molecule has 0 saturated carbocycles. The van der Waals surface area contributed by atoms with Crippen LogP contribution >= 0.6 is 0 Å². The first-order chi connectivity index (χ1) is 17.7. The Morgan fingerprint density at radius 1 is 0.811 bits per heavy atom. The van der Waals surface area contributed by atoms with Gasteiger partial charge in [0.05, 0.1) is 32.2 Å². The number of carbonyl (C=O) groups is 3. The lowest BCUT2D eigenvalue weighted by atomic mass is 9.99. The average Bonchev–Trinajstić information content (AvgIpc) is 3.32. The molecule has 5 atom stereocenters. The number of anilines is 2. The second kappa shape index (κ2) is 9.37. The predicted molar refractivity (Wildman–Crippen MR) is 123 cm³/mol. The number of aliphatic hydroxyl groups is 3. The van der Waals surface area contributed by atoms with Crippen LogP contribution in [-0.2, 0) is 23.8 Å². The molecule has 13 heteroatoms. The van der Waals surface area contributed by atoms with E-state index in [1.807, 2.05) is 0 Å². The van der Waals surface area contributed by atoms with E-state index in [2.05, 4.69) is 0 Å². The molecule has 3 fully saturated rings. The van der Waals surface area contributed by atoms with Crippen LogP contribution in [-0.4, -0.2) is 90.5 Å². The number of hydrogen-bond acceptors (Lipinski definition) is 11. The van der Waals surface area contributed by atoms with Crippen molar-refractivity contribution in [3.63, 3.8) is 0 Å². The van der Waals surface area contributed by atoms with Crippen LogP contribution in [0.4, 0.5) is 16.2 Å². The maximum Gasteiger partial charge on any atom is 0.343 e. The molecule has 3 saturated heterocycles. The second-order valence-electron chi connectivity index (χ2n) is 8.48. The molecule has 3 heterocycles. The van der Waals surface area contributed by atoms with Gasteiger partial charge < -0.3 is 39.0 Å². The summed E-state index contributed by atoms with van der Waals surface area (Å²) in [6, 6.07) is 10.8. The molecule has 13 nitrogen and oxygen atoms in total. The molecule has 3 N–H and O–H groups in total. The standard InChI is InChI=1S/C24H24N2O11/c1-33-14-7-3-12(4-8-14)25-21(30)24(36-19-18(29)17(28)16(11-27)35-20(19)37-24)22(31)26(23(25)32)13-5-9-15(34-2)10-6-13/h3-10,16-20,27-29H,11H2,1-2H3/t16-,17+,18+,19-,20-/m1/s1. The van der Waals surface area contributed by atoms with Gasteiger partial charge in [-0.25, -0.2) is 14.6 Å². The van der Waals surface area contributed by atoms with Gasteiger partial charge in [0.1, 0.15) is 35.9 Å². The van der Waals surface area contributed by atoms with E-state index in [0.29, 0.717) is 21.3 Å². The topological polar surface area (TPSA) is 165 Å². The van der Waals surface area contributed by atoms with Crippen molar-refractivity contribution in [2.24, 2.45) is 0 Å². The predicted octanol–water partition coefficient (Wildman–Crippen LogP) is -0.246. The minimum Gasteiger partial charge on any atom is -0.497 e. The first-order valence-electron chi connectivity index (χ1n) is 11.2. The van der Waals surface area contributed by atoms with Crippen molar-refractivity contribution in [1.29, 1.82) is 0 Å². The molecular formula is C24H24N2O11. The number of amides is 4. The first kappa shape index (κ1) is 25.1. The highest BCUT2D eigenvalue weighted by atomic mass is 16.8. The number of barbiturate groups is 1. The van der Waals surface area contributed by atoms with Gasteiger partial charge in [-0.05, 0) is 48.5 Å². The molecule has 4 amide bonds. The van der Waals surface area contributed by atoms with Crippen LogP contribution in [0.1, 0.15) is 0 Å². The third-order valence-electron chi connectivity index (χ3n) is 6.42. The Morgan fingerprint density at radius 2 is 1.30 bits per heavy atom. The Bertz CT molecular complexity index is 1130. The molecule has 0 aliphatic carbocycles. The number of nitrogens with zero attached hydrogens (tertiary/aromatic N) is 2. The van der Waals surface area contributed by atoms with Gasteiger partial charge in [0.15, 0.2) is 6.29 Å². The number of imide groups is 2. The van der Waals surface area contributed by atoms with E-state index in [-0.39, 0.29) is 11.4 Å². The molecule has 2 aromatic rings. The van der Waals surface area contributed by atoms with E-state index < -0.39 is 60.9 Å². The second-order valence-corrected chi connectivity index (χ2v) is 8.48. The van der Waals surface area contributed by atoms with E-state index in [9.17, 15) is 29.7 Å². The third kappa shape index (κ3) is 3.83. The summed E-state index contributed by atoms with van der Waals surface area (Å²) in [5.74, 6) is -4.19. The van der Waals surface area contributed by atoms with Crippen molar-refractivity contribution in [1.82, 2.24) is 0 Å². The zero-order valence-corrected chi connectivity index (χ0v) is 19.7. The molecule has 0 radical (unpaired) electrons. The van der Waals surface area contributed by atoms with Gasteiger partial charge in [-0.15, -0.1) is 0 Å². The van der Waals surface area contributed by atoms with Crippen molar-refractivity contribution in [2.45, 2.75) is 36.5 Å². The number of methoxy groups -OCH3 is 2. The summed E-state index contributed by atoms with van der Waals surface area (Å²) < 4.78 is 27.2. The zero-order chi connectivity index (χ0) is 26.5. The van der Waals surface area contributed by atoms with Gasteiger partial charge in [-0.2, -0.15) is 0 Å². The summed E-state index contributed by atoms with van der Waals surface area (Å²) in [7, 11) is 2.90. The highest BCUT2D eigenvalue weighted by Gasteiger charge is 2.69. The first-order valence-corrected chi connectivity index (χ1v) is 11.2. The van der Waals surface area contributed by atoms with Gasteiger partial charge in [0.2, 0.25) is 0 Å². The quantitative estimate of drug-likeness (QED) is 0.449. The largest absolute Gasteiger partial charge is 0.497 e. The van der Waals surface area contributed by atoms with Crippen LogP contribution in [0.3, 0.4) is 0 Å². The Morgan fingerprint density at radius 3 is 1.73 bits per heavy atom. The van der Waals surface area contributed by atoms with Gasteiger partial charge in [0, 0.05) is 0 Å². The van der Waals surface area contributed by atoms with Gasteiger partial charge in [-0.1, -0.05) is 0 Å². The van der Waals surface area contributed by atoms with Crippen molar-refractivity contribution in [3.05, 3.63) is 48.5 Å². The van der Waals surface area contributed by atoms with Crippen molar-refractivity contribution in [2.75, 3.05) is 30.6 Å². The maximum atomic E-state index is 13.8. The lowest BCUT2D eigenvalue weighted by molar-refractivity contribution is -0.256. The van der Waals surface area contributed by atoms with E-state index >= 15 is 0 Å². The molecule has 3 aliphatic heterocycles. The molecule has 0 unspecified atom stereocenters. The molecule has 3 aliphatic rings. The summed E-state index contributed by atoms with van der Waals surface area (Å²) in [5.41, 5.74) is 0.163. The molecule has 37 heavy (non-hydrogen) atoms. The number of fused-ring (bicyclic) bond motifs is 1. The summed E-state index contributed by atoms with van der Waals surface area (Å²) >= 11 is 0. The number of hydrogen-bond donors (Lipinski definition) is 3. The average molecular weight is 516 g/mol. The van der Waals surface area contributed by atoms with Crippen molar-refractivity contribution in [3.8, 4) is 11.5 Å². The van der Waals surface area contributed by atoms with Crippen LogP contribution in [0, 0.1) is 0 Å². The van der Waals surface area contributed by atoms with Crippen LogP contribution in [0.15, 0.2) is 48.5 Å². The number of ether oxygens (including phenoxy) is 5. The molecular weight excluding hydrogens is 492 g/mol. The Labute approximate surface area is 210 Å². The van der Waals surface area contributed by atoms with Crippen LogP contribution < -0.4 is 19.3 Å². The highest BCUT2D eigenvalue weighted by Crippen LogP contribution is 2.43. The smallest absolute Gasteiger partial charge is 0.343 e. The highest BCUT2D eigenvalue weighted by molar-refractivity contribution is 6.39. The fourth-order valence-electron chi connectivity index (χ4n) is 4.44. The number of rotatable bonds is 5. The van der Waals surface area contributed by atoms with E-state index in [4.69, 9.17) is 23.7 Å². The summed E-state index contributed by atoms with van der Waals surface area (Å²) in [6.45, 7) is -0.672. The number of carbonyl (C=O) groups excluding carboxylic acids is 3. The Hall–Kier alpha value is -3.59. The summed E-state index contributed by atoms with van der Waals surface area (Å²) in [4.78, 5) is 42.6. The van der Waals surface area contributed by atoms with Crippen molar-refractivity contribution < 1.29 is 53.4 Å². The monoisotopic (exact) mass is 516 g/mol. The van der Waals surface area contributed by atoms with E-state index in [0.717, 1.165) is 0 Å². The van der Waals surface area contributed by atoms with Gasteiger partial charge in [0.25, 0.3) is 0 Å². The molecule has 196 valence electrons. The van der Waals surface area contributed by atoms with Gasteiger partial charge in [-0.3, -0.25) is 9.59 Å². The summed E-state index contributed by atoms with van der Waals surface area (Å²) in [6.07, 6.45) is -7.50. The SMILES string of the molecule is COc1ccc(N2C(=O)N(c3ccc(OC)cc3)C(=O)C3(O[C@H]4O[C@H](CO)[C@H](O)[C@H](O)[C@H]4O3)C2=O)cc1. The zero-order valence-electron chi connectivity index (χ0n) is 19.7. The Kier molecular flexibility index (Phi) is 6.35. The van der Waals surface area contributed by atoms with Crippen molar-refractivity contribution >= 4 is 29.2 Å². The number of aliphatic hydroxyl groups excluding tert-OH is 3. The maximum absolute atomic E-state index is 13.8. The Balaban J connectivity index is 1.60. The third-order valence-corrected chi connectivity index (χ3v) is 6.42.